The Morgan fingerprint density at radius 3 is 2.41 bits per heavy atom. The topological polar surface area (TPSA) is 80.5 Å². The fourth-order valence-electron chi connectivity index (χ4n) is 2.51. The van der Waals surface area contributed by atoms with Crippen LogP contribution in [-0.4, -0.2) is 16.6 Å². The van der Waals surface area contributed by atoms with E-state index in [4.69, 9.17) is 0 Å². The first-order valence-corrected chi connectivity index (χ1v) is 6.68. The van der Waals surface area contributed by atoms with E-state index < -0.39 is 4.92 Å². The fraction of sp³-hybridized carbons (Fsp3) is 0.125. The van der Waals surface area contributed by atoms with Gasteiger partial charge in [-0.25, -0.2) is 0 Å². The van der Waals surface area contributed by atoms with E-state index in [0.29, 0.717) is 16.9 Å². The van der Waals surface area contributed by atoms with Gasteiger partial charge in [-0.2, -0.15) is 0 Å². The molecule has 3 rings (SSSR count). The molecule has 6 heteroatoms. The minimum absolute atomic E-state index is 0.0475. The van der Waals surface area contributed by atoms with Gasteiger partial charge in [-0.3, -0.25) is 24.6 Å². The molecule has 1 aliphatic heterocycles. The van der Waals surface area contributed by atoms with E-state index in [9.17, 15) is 19.7 Å². The molecule has 0 unspecified atom stereocenters. The number of hydrogen-bond donors (Lipinski definition) is 0. The van der Waals surface area contributed by atoms with Gasteiger partial charge in [0.05, 0.1) is 17.0 Å². The molecular weight excluding hydrogens is 284 g/mol. The molecule has 0 aliphatic carbocycles. The number of fused-ring (bicyclic) bond motifs is 1. The zero-order valence-electron chi connectivity index (χ0n) is 11.8. The molecule has 0 atom stereocenters. The molecule has 0 radical (unpaired) electrons. The first-order valence-electron chi connectivity index (χ1n) is 6.68. The van der Waals surface area contributed by atoms with E-state index in [2.05, 4.69) is 0 Å². The number of anilines is 2. The predicted octanol–water partition coefficient (Wildman–Crippen LogP) is 3.15. The summed E-state index contributed by atoms with van der Waals surface area (Å²) in [7, 11) is 0. The van der Waals surface area contributed by atoms with Crippen LogP contribution < -0.4 is 4.90 Å². The van der Waals surface area contributed by atoms with Gasteiger partial charge in [-0.15, -0.1) is 0 Å². The van der Waals surface area contributed by atoms with E-state index in [1.165, 1.54) is 29.2 Å². The lowest BCUT2D eigenvalue weighted by Gasteiger charge is -2.29. The Labute approximate surface area is 126 Å². The second kappa shape index (κ2) is 5.07. The zero-order chi connectivity index (χ0) is 15.9. The summed E-state index contributed by atoms with van der Waals surface area (Å²) in [5, 5.41) is 10.7. The van der Waals surface area contributed by atoms with Crippen molar-refractivity contribution in [1.29, 1.82) is 0 Å². The van der Waals surface area contributed by atoms with Crippen molar-refractivity contribution in [3.63, 3.8) is 0 Å². The van der Waals surface area contributed by atoms with Gasteiger partial charge in [-0.05, 0) is 36.8 Å². The van der Waals surface area contributed by atoms with E-state index in [0.717, 1.165) is 5.56 Å². The van der Waals surface area contributed by atoms with Crippen LogP contribution >= 0.6 is 0 Å². The minimum Gasteiger partial charge on any atom is -0.294 e. The van der Waals surface area contributed by atoms with E-state index in [1.54, 1.807) is 12.1 Å². The average Bonchev–Trinajstić information content (AvgIpc) is 2.47. The number of nitrogens with zero attached hydrogens (tertiary/aromatic N) is 2. The summed E-state index contributed by atoms with van der Waals surface area (Å²) in [4.78, 5) is 35.9. The maximum absolute atomic E-state index is 12.3. The van der Waals surface area contributed by atoms with Crippen molar-refractivity contribution < 1.29 is 14.5 Å². The number of ketones is 1. The van der Waals surface area contributed by atoms with Crippen molar-refractivity contribution >= 4 is 28.8 Å². The largest absolute Gasteiger partial charge is 0.294 e. The molecule has 0 bridgehead atoms. The molecule has 0 N–H and O–H groups in total. The van der Waals surface area contributed by atoms with Gasteiger partial charge in [0.1, 0.15) is 0 Å². The number of rotatable bonds is 2. The Hall–Kier alpha value is -3.02. The molecule has 2 aromatic carbocycles. The van der Waals surface area contributed by atoms with Crippen LogP contribution in [0.2, 0.25) is 0 Å². The van der Waals surface area contributed by atoms with E-state index >= 15 is 0 Å². The Kier molecular flexibility index (Phi) is 3.21. The number of carbonyl (C=O) groups is 2. The Morgan fingerprint density at radius 2 is 1.77 bits per heavy atom. The molecule has 0 saturated carbocycles. The van der Waals surface area contributed by atoms with Gasteiger partial charge in [0.2, 0.25) is 5.91 Å². The zero-order valence-corrected chi connectivity index (χ0v) is 11.8. The van der Waals surface area contributed by atoms with Gasteiger partial charge >= 0.3 is 0 Å². The number of Topliss-reactive ketones (excluding diaryl/α,β-unsaturated/α-hetero) is 1. The summed E-state index contributed by atoms with van der Waals surface area (Å²) in [6.07, 6.45) is -0.201. The number of amides is 1. The first kappa shape index (κ1) is 13.9. The van der Waals surface area contributed by atoms with Crippen molar-refractivity contribution in [2.45, 2.75) is 13.3 Å². The average molecular weight is 296 g/mol. The summed E-state index contributed by atoms with van der Waals surface area (Å²) in [6.45, 7) is 1.87. The SMILES string of the molecule is Cc1ccc2c(c1)N(c1ccc([N+](=O)[O-])cc1)C(=O)CC2=O. The molecule has 0 saturated heterocycles. The molecule has 0 aromatic heterocycles. The van der Waals surface area contributed by atoms with Crippen molar-refractivity contribution in [2.24, 2.45) is 0 Å². The third-order valence-corrected chi connectivity index (χ3v) is 3.57. The van der Waals surface area contributed by atoms with E-state index in [-0.39, 0.29) is 23.8 Å². The Bertz CT molecular complexity index is 796. The molecule has 22 heavy (non-hydrogen) atoms. The molecule has 0 spiro atoms. The van der Waals surface area contributed by atoms with E-state index in [1.807, 2.05) is 13.0 Å². The molecular formula is C16H12N2O4. The summed E-state index contributed by atoms with van der Waals surface area (Å²) in [5.74, 6) is -0.546. The summed E-state index contributed by atoms with van der Waals surface area (Å²) < 4.78 is 0. The highest BCUT2D eigenvalue weighted by Crippen LogP contribution is 2.35. The highest BCUT2D eigenvalue weighted by atomic mass is 16.6. The number of nitro groups is 1. The van der Waals surface area contributed by atoms with Gasteiger partial charge in [0, 0.05) is 23.4 Å². The van der Waals surface area contributed by atoms with Crippen molar-refractivity contribution in [3.8, 4) is 0 Å². The third kappa shape index (κ3) is 2.24. The van der Waals surface area contributed by atoms with Crippen LogP contribution in [0.15, 0.2) is 42.5 Å². The summed E-state index contributed by atoms with van der Waals surface area (Å²) in [5.41, 5.74) is 2.40. The molecule has 0 fully saturated rings. The standard InChI is InChI=1S/C16H12N2O4/c1-10-2-7-13-14(8-10)17(16(20)9-15(13)19)11-3-5-12(6-4-11)18(21)22/h2-8H,9H2,1H3. The molecule has 1 heterocycles. The van der Waals surface area contributed by atoms with Gasteiger partial charge in [-0.1, -0.05) is 6.07 Å². The number of aryl methyl sites for hydroxylation is 1. The smallest absolute Gasteiger partial charge is 0.269 e. The first-order chi connectivity index (χ1) is 10.5. The third-order valence-electron chi connectivity index (χ3n) is 3.57. The predicted molar refractivity (Wildman–Crippen MR) is 80.4 cm³/mol. The van der Waals surface area contributed by atoms with Crippen LogP contribution in [0.4, 0.5) is 17.1 Å². The molecule has 2 aromatic rings. The van der Waals surface area contributed by atoms with Gasteiger partial charge in [0.15, 0.2) is 5.78 Å². The summed E-state index contributed by atoms with van der Waals surface area (Å²) >= 11 is 0. The monoisotopic (exact) mass is 296 g/mol. The number of non-ortho nitro benzene ring substituents is 1. The Balaban J connectivity index is 2.12. The highest BCUT2D eigenvalue weighted by molar-refractivity contribution is 6.22. The highest BCUT2D eigenvalue weighted by Gasteiger charge is 2.31. The second-order valence-electron chi connectivity index (χ2n) is 5.12. The van der Waals surface area contributed by atoms with Crippen LogP contribution in [0.25, 0.3) is 0 Å². The number of benzene rings is 2. The normalized spacial score (nSPS) is 14.0. The number of nitro benzene ring substituents is 1. The molecule has 110 valence electrons. The van der Waals surface area contributed by atoms with Crippen molar-refractivity contribution in [2.75, 3.05) is 4.90 Å². The Morgan fingerprint density at radius 1 is 1.09 bits per heavy atom. The molecule has 1 amide bonds. The summed E-state index contributed by atoms with van der Waals surface area (Å²) in [6, 6.07) is 11.0. The second-order valence-corrected chi connectivity index (χ2v) is 5.12. The minimum atomic E-state index is -0.497. The quantitative estimate of drug-likeness (QED) is 0.484. The molecule has 6 nitrogen and oxygen atoms in total. The van der Waals surface area contributed by atoms with Crippen molar-refractivity contribution in [1.82, 2.24) is 0 Å². The van der Waals surface area contributed by atoms with Gasteiger partial charge in [0.25, 0.3) is 5.69 Å². The van der Waals surface area contributed by atoms with Gasteiger partial charge < -0.3 is 0 Å². The fourth-order valence-corrected chi connectivity index (χ4v) is 2.51. The van der Waals surface area contributed by atoms with Crippen molar-refractivity contribution in [3.05, 3.63) is 63.7 Å². The van der Waals surface area contributed by atoms with Crippen LogP contribution in [-0.2, 0) is 4.79 Å². The van der Waals surface area contributed by atoms with Crippen LogP contribution in [0, 0.1) is 17.0 Å². The lowest BCUT2D eigenvalue weighted by Crippen LogP contribution is -2.33. The van der Waals surface area contributed by atoms with Crippen LogP contribution in [0.5, 0.6) is 0 Å². The maximum atomic E-state index is 12.3. The maximum Gasteiger partial charge on any atom is 0.269 e. The number of carbonyl (C=O) groups excluding carboxylic acids is 2. The van der Waals surface area contributed by atoms with Crippen LogP contribution in [0.3, 0.4) is 0 Å². The lowest BCUT2D eigenvalue weighted by atomic mass is 9.97. The lowest BCUT2D eigenvalue weighted by molar-refractivity contribution is -0.384. The molecule has 1 aliphatic rings. The van der Waals surface area contributed by atoms with Crippen LogP contribution in [0.1, 0.15) is 22.3 Å². The number of hydrogen-bond acceptors (Lipinski definition) is 4.